The van der Waals surface area contributed by atoms with E-state index in [1.807, 2.05) is 13.0 Å². The molecule has 1 aromatic carbocycles. The maximum atomic E-state index is 12.2. The zero-order chi connectivity index (χ0) is 13.7. The summed E-state index contributed by atoms with van der Waals surface area (Å²) in [5, 5.41) is 3.38. The Kier molecular flexibility index (Phi) is 4.87. The average Bonchev–Trinajstić information content (AvgIpc) is 2.91. The molecule has 0 unspecified atom stereocenters. The lowest BCUT2D eigenvalue weighted by Crippen LogP contribution is -2.24. The van der Waals surface area contributed by atoms with E-state index in [4.69, 9.17) is 11.6 Å². The third-order valence-corrected chi connectivity index (χ3v) is 3.65. The van der Waals surface area contributed by atoms with Gasteiger partial charge in [-0.3, -0.25) is 4.79 Å². The number of H-pyrrole nitrogens is 1. The van der Waals surface area contributed by atoms with Gasteiger partial charge in [0.2, 0.25) is 0 Å². The molecule has 0 aliphatic rings. The molecule has 1 heterocycles. The molecule has 19 heavy (non-hydrogen) atoms. The minimum absolute atomic E-state index is 0.144. The van der Waals surface area contributed by atoms with Crippen molar-refractivity contribution in [3.63, 3.8) is 0 Å². The summed E-state index contributed by atoms with van der Waals surface area (Å²) in [5.74, 6) is 1.48. The summed E-state index contributed by atoms with van der Waals surface area (Å²) in [4.78, 5) is 20.1. The van der Waals surface area contributed by atoms with Crippen molar-refractivity contribution < 1.29 is 4.79 Å². The van der Waals surface area contributed by atoms with Crippen molar-refractivity contribution in [3.8, 4) is 0 Å². The van der Waals surface area contributed by atoms with Crippen LogP contribution in [0.1, 0.15) is 23.1 Å². The Morgan fingerprint density at radius 1 is 1.53 bits per heavy atom. The number of carbonyl (C=O) groups is 1. The first kappa shape index (κ1) is 14.0. The van der Waals surface area contributed by atoms with Gasteiger partial charge >= 0.3 is 0 Å². The predicted molar refractivity (Wildman–Crippen MR) is 77.6 cm³/mol. The van der Waals surface area contributed by atoms with E-state index in [1.165, 1.54) is 0 Å². The standard InChI is InChI=1S/C13H14ClN3OS/c1-2-19-11-4-3-9(14)7-10(11)13(18)17-8-12-15-5-6-16-12/h3-7H,2,8H2,1H3,(H,15,16)(H,17,18). The molecule has 0 aliphatic carbocycles. The van der Waals surface area contributed by atoms with E-state index in [2.05, 4.69) is 15.3 Å². The fraction of sp³-hybridized carbons (Fsp3) is 0.231. The molecule has 0 radical (unpaired) electrons. The summed E-state index contributed by atoms with van der Waals surface area (Å²) >= 11 is 7.57. The van der Waals surface area contributed by atoms with E-state index in [0.29, 0.717) is 17.1 Å². The third kappa shape index (κ3) is 3.75. The highest BCUT2D eigenvalue weighted by Crippen LogP contribution is 2.25. The molecule has 0 saturated carbocycles. The Morgan fingerprint density at radius 3 is 3.05 bits per heavy atom. The van der Waals surface area contributed by atoms with Crippen LogP contribution in [0.4, 0.5) is 0 Å². The van der Waals surface area contributed by atoms with Crippen LogP contribution in [0.5, 0.6) is 0 Å². The molecule has 0 fully saturated rings. The summed E-state index contributed by atoms with van der Waals surface area (Å²) in [6.45, 7) is 2.42. The van der Waals surface area contributed by atoms with Gasteiger partial charge in [-0.2, -0.15) is 0 Å². The molecular weight excluding hydrogens is 282 g/mol. The lowest BCUT2D eigenvalue weighted by Gasteiger charge is -2.09. The molecule has 6 heteroatoms. The number of hydrogen-bond donors (Lipinski definition) is 2. The average molecular weight is 296 g/mol. The molecule has 4 nitrogen and oxygen atoms in total. The first-order chi connectivity index (χ1) is 9.20. The molecular formula is C13H14ClN3OS. The molecule has 0 atom stereocenters. The van der Waals surface area contributed by atoms with Crippen LogP contribution in [0.2, 0.25) is 5.02 Å². The van der Waals surface area contributed by atoms with Crippen molar-refractivity contribution in [1.29, 1.82) is 0 Å². The van der Waals surface area contributed by atoms with Gasteiger partial charge in [0.05, 0.1) is 12.1 Å². The fourth-order valence-corrected chi connectivity index (χ4v) is 2.57. The lowest BCUT2D eigenvalue weighted by molar-refractivity contribution is 0.0947. The molecule has 2 N–H and O–H groups in total. The monoisotopic (exact) mass is 295 g/mol. The van der Waals surface area contributed by atoms with E-state index in [1.54, 1.807) is 36.3 Å². The van der Waals surface area contributed by atoms with Crippen molar-refractivity contribution in [2.75, 3.05) is 5.75 Å². The van der Waals surface area contributed by atoms with Crippen molar-refractivity contribution in [3.05, 3.63) is 47.0 Å². The van der Waals surface area contributed by atoms with Gasteiger partial charge in [-0.05, 0) is 24.0 Å². The lowest BCUT2D eigenvalue weighted by atomic mass is 10.2. The van der Waals surface area contributed by atoms with E-state index >= 15 is 0 Å². The number of aromatic nitrogens is 2. The maximum absolute atomic E-state index is 12.2. The van der Waals surface area contributed by atoms with Crippen LogP contribution in [0.25, 0.3) is 0 Å². The summed E-state index contributed by atoms with van der Waals surface area (Å²) in [6, 6.07) is 5.36. The Hall–Kier alpha value is -1.46. The molecule has 2 aromatic rings. The number of carbonyl (C=O) groups excluding carboxylic acids is 1. The van der Waals surface area contributed by atoms with Gasteiger partial charge in [0, 0.05) is 22.3 Å². The normalized spacial score (nSPS) is 10.4. The van der Waals surface area contributed by atoms with Crippen LogP contribution in [0.3, 0.4) is 0 Å². The summed E-state index contributed by atoms with van der Waals surface area (Å²) in [7, 11) is 0. The topological polar surface area (TPSA) is 57.8 Å². The quantitative estimate of drug-likeness (QED) is 0.833. The smallest absolute Gasteiger partial charge is 0.252 e. The zero-order valence-corrected chi connectivity index (χ0v) is 12.0. The van der Waals surface area contributed by atoms with Gasteiger partial charge in [-0.25, -0.2) is 4.98 Å². The van der Waals surface area contributed by atoms with Crippen molar-refractivity contribution in [2.24, 2.45) is 0 Å². The minimum Gasteiger partial charge on any atom is -0.347 e. The van der Waals surface area contributed by atoms with Gasteiger partial charge in [0.15, 0.2) is 0 Å². The van der Waals surface area contributed by atoms with Crippen LogP contribution in [0, 0.1) is 0 Å². The van der Waals surface area contributed by atoms with Crippen molar-refractivity contribution in [2.45, 2.75) is 18.4 Å². The number of thioether (sulfide) groups is 1. The molecule has 0 spiro atoms. The molecule has 2 rings (SSSR count). The fourth-order valence-electron chi connectivity index (χ4n) is 1.61. The van der Waals surface area contributed by atoms with Gasteiger partial charge < -0.3 is 10.3 Å². The molecule has 1 aromatic heterocycles. The number of nitrogens with one attached hydrogen (secondary N) is 2. The molecule has 0 saturated heterocycles. The second-order valence-electron chi connectivity index (χ2n) is 3.79. The number of imidazole rings is 1. The molecule has 0 aliphatic heterocycles. The van der Waals surface area contributed by atoms with Gasteiger partial charge in [0.25, 0.3) is 5.91 Å². The molecule has 0 bridgehead atoms. The van der Waals surface area contributed by atoms with E-state index in [9.17, 15) is 4.79 Å². The van der Waals surface area contributed by atoms with Gasteiger partial charge in [-0.15, -0.1) is 11.8 Å². The van der Waals surface area contributed by atoms with Crippen LogP contribution >= 0.6 is 23.4 Å². The van der Waals surface area contributed by atoms with Crippen LogP contribution < -0.4 is 5.32 Å². The number of halogens is 1. The number of nitrogens with zero attached hydrogens (tertiary/aromatic N) is 1. The minimum atomic E-state index is -0.144. The Balaban J connectivity index is 2.11. The SMILES string of the molecule is CCSc1ccc(Cl)cc1C(=O)NCc1ncc[nH]1. The summed E-state index contributed by atoms with van der Waals surface area (Å²) in [6.07, 6.45) is 3.37. The van der Waals surface area contributed by atoms with E-state index in [-0.39, 0.29) is 5.91 Å². The van der Waals surface area contributed by atoms with Crippen molar-refractivity contribution in [1.82, 2.24) is 15.3 Å². The number of benzene rings is 1. The summed E-state index contributed by atoms with van der Waals surface area (Å²) < 4.78 is 0. The highest BCUT2D eigenvalue weighted by molar-refractivity contribution is 7.99. The third-order valence-electron chi connectivity index (χ3n) is 2.46. The second-order valence-corrected chi connectivity index (χ2v) is 5.53. The summed E-state index contributed by atoms with van der Waals surface area (Å²) in [5.41, 5.74) is 0.603. The van der Waals surface area contributed by atoms with Gasteiger partial charge in [-0.1, -0.05) is 18.5 Å². The van der Waals surface area contributed by atoms with Crippen molar-refractivity contribution >= 4 is 29.3 Å². The first-order valence-corrected chi connectivity index (χ1v) is 7.26. The van der Waals surface area contributed by atoms with Gasteiger partial charge in [0.1, 0.15) is 5.82 Å². The van der Waals surface area contributed by atoms with Crippen LogP contribution in [-0.2, 0) is 6.54 Å². The van der Waals surface area contributed by atoms with Crippen LogP contribution in [0.15, 0.2) is 35.5 Å². The van der Waals surface area contributed by atoms with E-state index in [0.717, 1.165) is 16.5 Å². The zero-order valence-electron chi connectivity index (χ0n) is 10.4. The number of aromatic amines is 1. The van der Waals surface area contributed by atoms with Crippen LogP contribution in [-0.4, -0.2) is 21.6 Å². The number of rotatable bonds is 5. The first-order valence-electron chi connectivity index (χ1n) is 5.89. The maximum Gasteiger partial charge on any atom is 0.252 e. The largest absolute Gasteiger partial charge is 0.347 e. The van der Waals surface area contributed by atoms with E-state index < -0.39 is 0 Å². The molecule has 1 amide bonds. The second kappa shape index (κ2) is 6.63. The predicted octanol–water partition coefficient (Wildman–Crippen LogP) is 3.11. The number of amides is 1. The Labute approximate surface area is 121 Å². The highest BCUT2D eigenvalue weighted by atomic mass is 35.5. The molecule has 100 valence electrons. The Bertz CT molecular complexity index is 557. The number of hydrogen-bond acceptors (Lipinski definition) is 3. The highest BCUT2D eigenvalue weighted by Gasteiger charge is 2.12. The Morgan fingerprint density at radius 2 is 2.37 bits per heavy atom.